The number of likely N-dealkylation sites (tertiary alicyclic amines) is 1. The summed E-state index contributed by atoms with van der Waals surface area (Å²) in [6, 6.07) is 9.25. The monoisotopic (exact) mass is 460 g/mol. The van der Waals surface area contributed by atoms with Crippen molar-refractivity contribution >= 4 is 22.8 Å². The predicted octanol–water partition coefficient (Wildman–Crippen LogP) is 3.81. The zero-order chi connectivity index (χ0) is 24.7. The first-order valence-electron chi connectivity index (χ1n) is 11.3. The SMILES string of the molecule is C#Cc1cc(C)c(-c2c(-c3ccc(C(=O)N4CCC[C@H]4C#C)cc3)c3c(N)ncnc3n2C)cn1. The van der Waals surface area contributed by atoms with Crippen molar-refractivity contribution in [2.45, 2.75) is 25.8 Å². The van der Waals surface area contributed by atoms with Crippen LogP contribution in [0.2, 0.25) is 0 Å². The second-order valence-corrected chi connectivity index (χ2v) is 8.67. The Bertz CT molecular complexity index is 1550. The molecule has 7 heteroatoms. The lowest BCUT2D eigenvalue weighted by atomic mass is 9.96. The summed E-state index contributed by atoms with van der Waals surface area (Å²) in [5, 5.41) is 0.747. The zero-order valence-corrected chi connectivity index (χ0v) is 19.6. The van der Waals surface area contributed by atoms with Gasteiger partial charge in [-0.25, -0.2) is 15.0 Å². The van der Waals surface area contributed by atoms with E-state index >= 15 is 0 Å². The standard InChI is InChI=1S/C28H24N6O/c1-5-20-14-17(3)22(15-30-20)25-23(24-26(29)31-16-32-27(24)33(25)4)18-9-11-19(12-10-18)28(35)34-13-7-8-21(34)6-2/h1-2,9-12,14-16,21H,7-8,13H2,3-4H3,(H2,29,31,32)/t21-/m1/s1. The first-order chi connectivity index (χ1) is 16.9. The van der Waals surface area contributed by atoms with Crippen LogP contribution in [0, 0.1) is 31.6 Å². The molecule has 1 aromatic carbocycles. The van der Waals surface area contributed by atoms with Gasteiger partial charge in [-0.15, -0.1) is 12.8 Å². The summed E-state index contributed by atoms with van der Waals surface area (Å²) in [6.45, 7) is 2.67. The molecule has 0 bridgehead atoms. The van der Waals surface area contributed by atoms with Crippen molar-refractivity contribution in [1.29, 1.82) is 0 Å². The molecule has 7 nitrogen and oxygen atoms in total. The lowest BCUT2D eigenvalue weighted by Gasteiger charge is -2.20. The predicted molar refractivity (Wildman–Crippen MR) is 137 cm³/mol. The first-order valence-corrected chi connectivity index (χ1v) is 11.3. The highest BCUT2D eigenvalue weighted by molar-refractivity contribution is 6.08. The van der Waals surface area contributed by atoms with Crippen molar-refractivity contribution in [2.24, 2.45) is 7.05 Å². The van der Waals surface area contributed by atoms with Crippen molar-refractivity contribution in [2.75, 3.05) is 12.3 Å². The smallest absolute Gasteiger partial charge is 0.254 e. The first kappa shape index (κ1) is 22.2. The van der Waals surface area contributed by atoms with Gasteiger partial charge in [-0.1, -0.05) is 24.0 Å². The van der Waals surface area contributed by atoms with Gasteiger partial charge in [0.15, 0.2) is 0 Å². The van der Waals surface area contributed by atoms with Crippen LogP contribution in [-0.2, 0) is 7.05 Å². The van der Waals surface area contributed by atoms with Crippen LogP contribution in [-0.4, -0.2) is 42.9 Å². The molecule has 4 aromatic rings. The molecule has 0 radical (unpaired) electrons. The van der Waals surface area contributed by atoms with Gasteiger partial charge < -0.3 is 15.2 Å². The average molecular weight is 461 g/mol. The van der Waals surface area contributed by atoms with Gasteiger partial charge in [-0.3, -0.25) is 4.79 Å². The number of aromatic nitrogens is 4. The summed E-state index contributed by atoms with van der Waals surface area (Å²) >= 11 is 0. The number of rotatable bonds is 3. The Morgan fingerprint density at radius 1 is 1.17 bits per heavy atom. The van der Waals surface area contributed by atoms with E-state index in [1.807, 2.05) is 48.9 Å². The molecule has 1 aliphatic heterocycles. The van der Waals surface area contributed by atoms with Crippen LogP contribution in [0.15, 0.2) is 42.9 Å². The maximum Gasteiger partial charge on any atom is 0.254 e. The van der Waals surface area contributed by atoms with Crippen LogP contribution in [0.5, 0.6) is 0 Å². The third-order valence-electron chi connectivity index (χ3n) is 6.64. The van der Waals surface area contributed by atoms with E-state index in [0.717, 1.165) is 46.2 Å². The molecule has 1 saturated heterocycles. The average Bonchev–Trinajstić information content (AvgIpc) is 3.47. The lowest BCUT2D eigenvalue weighted by molar-refractivity contribution is 0.0766. The normalized spacial score (nSPS) is 15.2. The van der Waals surface area contributed by atoms with Gasteiger partial charge in [-0.05, 0) is 49.1 Å². The molecule has 172 valence electrons. The number of fused-ring (bicyclic) bond motifs is 1. The Balaban J connectivity index is 1.67. The quantitative estimate of drug-likeness (QED) is 0.470. The Morgan fingerprint density at radius 3 is 2.63 bits per heavy atom. The molecule has 1 atom stereocenters. The molecule has 4 heterocycles. The van der Waals surface area contributed by atoms with Crippen LogP contribution in [0.1, 0.15) is 34.5 Å². The molecular weight excluding hydrogens is 436 g/mol. The minimum absolute atomic E-state index is 0.0529. The number of terminal acetylenes is 2. The highest BCUT2D eigenvalue weighted by Gasteiger charge is 2.28. The van der Waals surface area contributed by atoms with Crippen LogP contribution in [0.25, 0.3) is 33.4 Å². The number of nitrogens with zero attached hydrogens (tertiary/aromatic N) is 5. The number of hydrogen-bond donors (Lipinski definition) is 1. The third-order valence-corrected chi connectivity index (χ3v) is 6.64. The molecule has 1 aliphatic rings. The number of amides is 1. The number of benzene rings is 1. The van der Waals surface area contributed by atoms with Crippen molar-refractivity contribution in [1.82, 2.24) is 24.4 Å². The molecular formula is C28H24N6O. The molecule has 1 amide bonds. The van der Waals surface area contributed by atoms with Crippen LogP contribution >= 0.6 is 0 Å². The fraction of sp³-hybridized carbons (Fsp3) is 0.214. The van der Waals surface area contributed by atoms with E-state index in [1.54, 1.807) is 11.1 Å². The summed E-state index contributed by atoms with van der Waals surface area (Å²) in [5.74, 6) is 5.64. The molecule has 5 rings (SSSR count). The van der Waals surface area contributed by atoms with Crippen LogP contribution in [0.4, 0.5) is 5.82 Å². The summed E-state index contributed by atoms with van der Waals surface area (Å²) in [5.41, 5.74) is 12.8. The van der Waals surface area contributed by atoms with E-state index in [1.165, 1.54) is 6.33 Å². The largest absolute Gasteiger partial charge is 0.383 e. The third kappa shape index (κ3) is 3.59. The fourth-order valence-corrected chi connectivity index (χ4v) is 4.88. The zero-order valence-electron chi connectivity index (χ0n) is 19.6. The minimum atomic E-state index is -0.148. The number of hydrogen-bond acceptors (Lipinski definition) is 5. The summed E-state index contributed by atoms with van der Waals surface area (Å²) in [6.07, 6.45) is 16.2. The molecule has 0 spiro atoms. The van der Waals surface area contributed by atoms with E-state index < -0.39 is 0 Å². The molecule has 35 heavy (non-hydrogen) atoms. The Morgan fingerprint density at radius 2 is 1.94 bits per heavy atom. The molecule has 2 N–H and O–H groups in total. The lowest BCUT2D eigenvalue weighted by Crippen LogP contribution is -2.34. The molecule has 1 fully saturated rings. The number of carbonyl (C=O) groups is 1. The maximum absolute atomic E-state index is 13.1. The molecule has 0 saturated carbocycles. The van der Waals surface area contributed by atoms with E-state index in [4.69, 9.17) is 18.6 Å². The van der Waals surface area contributed by atoms with Gasteiger partial charge in [0.2, 0.25) is 0 Å². The second-order valence-electron chi connectivity index (χ2n) is 8.67. The summed E-state index contributed by atoms with van der Waals surface area (Å²) in [4.78, 5) is 28.0. The highest BCUT2D eigenvalue weighted by Crippen LogP contribution is 2.42. The Kier molecular flexibility index (Phi) is 5.47. The van der Waals surface area contributed by atoms with Gasteiger partial charge in [0, 0.05) is 36.5 Å². The number of carbonyl (C=O) groups excluding carboxylic acids is 1. The number of nitrogens with two attached hydrogens (primary N) is 1. The Labute approximate surface area is 204 Å². The van der Waals surface area contributed by atoms with E-state index in [0.29, 0.717) is 29.3 Å². The minimum Gasteiger partial charge on any atom is -0.383 e. The molecule has 0 aliphatic carbocycles. The number of anilines is 1. The van der Waals surface area contributed by atoms with Crippen molar-refractivity contribution in [3.8, 4) is 47.1 Å². The van der Waals surface area contributed by atoms with Crippen molar-refractivity contribution < 1.29 is 4.79 Å². The highest BCUT2D eigenvalue weighted by atomic mass is 16.2. The van der Waals surface area contributed by atoms with E-state index in [2.05, 4.69) is 26.8 Å². The van der Waals surface area contributed by atoms with Gasteiger partial charge in [0.1, 0.15) is 23.5 Å². The molecule has 3 aromatic heterocycles. The van der Waals surface area contributed by atoms with Crippen molar-refractivity contribution in [3.63, 3.8) is 0 Å². The molecule has 0 unspecified atom stereocenters. The summed E-state index contributed by atoms with van der Waals surface area (Å²) in [7, 11) is 1.94. The van der Waals surface area contributed by atoms with Gasteiger partial charge in [0.05, 0.1) is 17.1 Å². The van der Waals surface area contributed by atoms with Crippen LogP contribution < -0.4 is 5.73 Å². The van der Waals surface area contributed by atoms with E-state index in [9.17, 15) is 4.79 Å². The van der Waals surface area contributed by atoms with Gasteiger partial charge in [-0.2, -0.15) is 0 Å². The number of nitrogen functional groups attached to an aromatic ring is 1. The maximum atomic E-state index is 13.1. The summed E-state index contributed by atoms with van der Waals surface area (Å²) < 4.78 is 1.99. The Hall–Kier alpha value is -4.62. The van der Waals surface area contributed by atoms with Gasteiger partial charge >= 0.3 is 0 Å². The number of pyridine rings is 1. The topological polar surface area (TPSA) is 89.9 Å². The van der Waals surface area contributed by atoms with E-state index in [-0.39, 0.29) is 11.9 Å². The second kappa shape index (κ2) is 8.62. The van der Waals surface area contributed by atoms with Crippen LogP contribution in [0.3, 0.4) is 0 Å². The van der Waals surface area contributed by atoms with Gasteiger partial charge in [0.25, 0.3) is 5.91 Å². The van der Waals surface area contributed by atoms with Crippen molar-refractivity contribution in [3.05, 3.63) is 59.7 Å². The number of aryl methyl sites for hydroxylation is 2. The fourth-order valence-electron chi connectivity index (χ4n) is 4.88.